The molecule has 2 rings (SSSR count). The molecule has 1 fully saturated rings. The van der Waals surface area contributed by atoms with E-state index in [0.29, 0.717) is 0 Å². The fourth-order valence-electron chi connectivity index (χ4n) is 2.86. The maximum Gasteiger partial charge on any atom is 0.123 e. The molecule has 0 bridgehead atoms. The van der Waals surface area contributed by atoms with Gasteiger partial charge in [-0.3, -0.25) is 4.90 Å². The van der Waals surface area contributed by atoms with Crippen molar-refractivity contribution in [2.24, 2.45) is 0 Å². The summed E-state index contributed by atoms with van der Waals surface area (Å²) in [4.78, 5) is 2.50. The van der Waals surface area contributed by atoms with Crippen LogP contribution in [0.2, 0.25) is 0 Å². The average molecular weight is 363 g/mol. The van der Waals surface area contributed by atoms with Gasteiger partial charge in [0.2, 0.25) is 0 Å². The third-order valence-corrected chi connectivity index (χ3v) is 3.93. The van der Waals surface area contributed by atoms with E-state index in [4.69, 9.17) is 9.47 Å². The molecule has 1 atom stereocenters. The van der Waals surface area contributed by atoms with Crippen molar-refractivity contribution < 1.29 is 9.47 Å². The molecule has 1 N–H and O–H groups in total. The van der Waals surface area contributed by atoms with Crippen LogP contribution in [0.1, 0.15) is 24.9 Å². The summed E-state index contributed by atoms with van der Waals surface area (Å²) in [6.45, 7) is 10.3. The van der Waals surface area contributed by atoms with Crippen molar-refractivity contribution in [2.45, 2.75) is 19.4 Å². The molecule has 4 nitrogen and oxygen atoms in total. The predicted molar refractivity (Wildman–Crippen MR) is 101 cm³/mol. The summed E-state index contributed by atoms with van der Waals surface area (Å²) in [6, 6.07) is 6.31. The van der Waals surface area contributed by atoms with Gasteiger partial charge in [0.25, 0.3) is 0 Å². The van der Waals surface area contributed by atoms with Crippen LogP contribution in [-0.2, 0) is 0 Å². The first-order chi connectivity index (χ1) is 10.2. The van der Waals surface area contributed by atoms with E-state index >= 15 is 0 Å². The highest BCUT2D eigenvalue weighted by Crippen LogP contribution is 2.36. The Hall–Kier alpha value is -0.940. The second kappa shape index (κ2) is 10.8. The number of ether oxygens (including phenoxy) is 2. The Morgan fingerprint density at radius 3 is 2.39 bits per heavy atom. The lowest BCUT2D eigenvalue weighted by molar-refractivity contribution is 0.169. The molecular weight excluding hydrogens is 335 g/mol. The minimum atomic E-state index is 0. The van der Waals surface area contributed by atoms with E-state index in [1.807, 2.05) is 12.1 Å². The van der Waals surface area contributed by atoms with Gasteiger partial charge in [-0.1, -0.05) is 5.57 Å². The van der Waals surface area contributed by atoms with Crippen molar-refractivity contribution in [1.82, 2.24) is 10.2 Å². The molecule has 23 heavy (non-hydrogen) atoms. The van der Waals surface area contributed by atoms with Crippen LogP contribution in [0, 0.1) is 0 Å². The molecule has 1 aromatic rings. The minimum Gasteiger partial charge on any atom is -0.497 e. The maximum atomic E-state index is 5.57. The fraction of sp³-hybridized carbons (Fsp3) is 0.529. The van der Waals surface area contributed by atoms with Crippen LogP contribution in [0.3, 0.4) is 0 Å². The van der Waals surface area contributed by atoms with Crippen LogP contribution in [-0.4, -0.2) is 45.3 Å². The predicted octanol–water partition coefficient (Wildman–Crippen LogP) is 3.46. The van der Waals surface area contributed by atoms with Gasteiger partial charge in [0, 0.05) is 37.8 Å². The molecule has 1 saturated heterocycles. The Balaban J connectivity index is 0.00000242. The van der Waals surface area contributed by atoms with Crippen molar-refractivity contribution in [3.05, 3.63) is 35.9 Å². The van der Waals surface area contributed by atoms with E-state index in [1.54, 1.807) is 14.2 Å². The van der Waals surface area contributed by atoms with Gasteiger partial charge in [-0.25, -0.2) is 0 Å². The van der Waals surface area contributed by atoms with Crippen LogP contribution in [0.25, 0.3) is 0 Å². The highest BCUT2D eigenvalue weighted by Gasteiger charge is 2.25. The third kappa shape index (κ3) is 5.88. The summed E-state index contributed by atoms with van der Waals surface area (Å²) in [5.41, 5.74) is 2.37. The standard InChI is InChI=1S/C17H26N2O2.2ClH/c1-13(2)11-16(19-9-7-18-8-10-19)15-12-14(20-3)5-6-17(15)21-4;;/h5-6,12,16,18H,1,7-11H2,2-4H3;2*1H/t16-;;/m1../s1. The van der Waals surface area contributed by atoms with Crippen LogP contribution in [0.5, 0.6) is 11.5 Å². The summed E-state index contributed by atoms with van der Waals surface area (Å²) in [7, 11) is 3.42. The van der Waals surface area contributed by atoms with Crippen LogP contribution in [0.4, 0.5) is 0 Å². The maximum absolute atomic E-state index is 5.57. The third-order valence-electron chi connectivity index (χ3n) is 3.93. The van der Waals surface area contributed by atoms with Gasteiger partial charge in [-0.05, 0) is 31.5 Å². The lowest BCUT2D eigenvalue weighted by Crippen LogP contribution is -2.45. The Bertz CT molecular complexity index is 491. The first-order valence-corrected chi connectivity index (χ1v) is 7.46. The zero-order valence-corrected chi connectivity index (χ0v) is 15.8. The monoisotopic (exact) mass is 362 g/mol. The number of nitrogens with zero attached hydrogens (tertiary/aromatic N) is 1. The summed E-state index contributed by atoms with van der Waals surface area (Å²) in [5.74, 6) is 1.79. The molecule has 132 valence electrons. The van der Waals surface area contributed by atoms with Crippen molar-refractivity contribution >= 4 is 24.8 Å². The van der Waals surface area contributed by atoms with Gasteiger partial charge < -0.3 is 14.8 Å². The SMILES string of the molecule is C=C(C)C[C@H](c1cc(OC)ccc1OC)N1CCNCC1.Cl.Cl. The number of hydrogen-bond acceptors (Lipinski definition) is 4. The molecule has 0 amide bonds. The molecule has 1 aromatic carbocycles. The highest BCUT2D eigenvalue weighted by atomic mass is 35.5. The number of methoxy groups -OCH3 is 2. The second-order valence-corrected chi connectivity index (χ2v) is 5.57. The van der Waals surface area contributed by atoms with Crippen molar-refractivity contribution in [3.63, 3.8) is 0 Å². The van der Waals surface area contributed by atoms with E-state index in [-0.39, 0.29) is 30.9 Å². The number of hydrogen-bond donors (Lipinski definition) is 1. The average Bonchev–Trinajstić information content (AvgIpc) is 2.52. The summed E-state index contributed by atoms with van der Waals surface area (Å²) < 4.78 is 11.0. The van der Waals surface area contributed by atoms with Crippen LogP contribution < -0.4 is 14.8 Å². The zero-order chi connectivity index (χ0) is 15.2. The summed E-state index contributed by atoms with van der Waals surface area (Å²) >= 11 is 0. The first kappa shape index (κ1) is 22.1. The van der Waals surface area contributed by atoms with E-state index in [0.717, 1.165) is 44.1 Å². The number of halogens is 2. The fourth-order valence-corrected chi connectivity index (χ4v) is 2.86. The molecule has 0 aliphatic carbocycles. The van der Waals surface area contributed by atoms with E-state index < -0.39 is 0 Å². The Morgan fingerprint density at radius 2 is 1.87 bits per heavy atom. The second-order valence-electron chi connectivity index (χ2n) is 5.57. The van der Waals surface area contributed by atoms with Crippen LogP contribution in [0.15, 0.2) is 30.4 Å². The zero-order valence-electron chi connectivity index (χ0n) is 14.1. The van der Waals surface area contributed by atoms with Gasteiger partial charge in [0.05, 0.1) is 14.2 Å². The topological polar surface area (TPSA) is 33.7 Å². The number of rotatable bonds is 6. The van der Waals surface area contributed by atoms with E-state index in [2.05, 4.69) is 29.8 Å². The molecule has 0 unspecified atom stereocenters. The Kier molecular flexibility index (Phi) is 10.3. The van der Waals surface area contributed by atoms with Crippen molar-refractivity contribution in [1.29, 1.82) is 0 Å². The van der Waals surface area contributed by atoms with Crippen LogP contribution >= 0.6 is 24.8 Å². The lowest BCUT2D eigenvalue weighted by Gasteiger charge is -2.36. The molecule has 0 spiro atoms. The molecule has 0 saturated carbocycles. The molecule has 1 aliphatic heterocycles. The first-order valence-electron chi connectivity index (χ1n) is 7.46. The molecular formula is C17H28Cl2N2O2. The van der Waals surface area contributed by atoms with Gasteiger partial charge in [-0.15, -0.1) is 31.4 Å². The van der Waals surface area contributed by atoms with Crippen molar-refractivity contribution in [2.75, 3.05) is 40.4 Å². The molecule has 1 heterocycles. The Labute approximate surface area is 152 Å². The van der Waals surface area contributed by atoms with Gasteiger partial charge >= 0.3 is 0 Å². The quantitative estimate of drug-likeness (QED) is 0.785. The highest BCUT2D eigenvalue weighted by molar-refractivity contribution is 5.85. The largest absolute Gasteiger partial charge is 0.497 e. The Morgan fingerprint density at radius 1 is 1.22 bits per heavy atom. The molecule has 1 aliphatic rings. The molecule has 0 radical (unpaired) electrons. The molecule has 0 aromatic heterocycles. The molecule has 6 heteroatoms. The number of benzene rings is 1. The smallest absolute Gasteiger partial charge is 0.123 e. The van der Waals surface area contributed by atoms with Crippen molar-refractivity contribution in [3.8, 4) is 11.5 Å². The van der Waals surface area contributed by atoms with Gasteiger partial charge in [0.15, 0.2) is 0 Å². The van der Waals surface area contributed by atoms with E-state index in [1.165, 1.54) is 11.1 Å². The normalized spacial score (nSPS) is 15.8. The number of nitrogens with one attached hydrogen (secondary N) is 1. The van der Waals surface area contributed by atoms with Gasteiger partial charge in [0.1, 0.15) is 11.5 Å². The summed E-state index contributed by atoms with van der Waals surface area (Å²) in [6.07, 6.45) is 0.934. The summed E-state index contributed by atoms with van der Waals surface area (Å²) in [5, 5.41) is 3.41. The number of piperazine rings is 1. The van der Waals surface area contributed by atoms with E-state index in [9.17, 15) is 0 Å². The lowest BCUT2D eigenvalue weighted by atomic mass is 9.96. The van der Waals surface area contributed by atoms with Gasteiger partial charge in [-0.2, -0.15) is 0 Å². The minimum absolute atomic E-state index is 0.